The lowest BCUT2D eigenvalue weighted by atomic mass is 9.78. The van der Waals surface area contributed by atoms with E-state index >= 15 is 0 Å². The van der Waals surface area contributed by atoms with Crippen molar-refractivity contribution in [3.05, 3.63) is 35.5 Å². The van der Waals surface area contributed by atoms with Crippen LogP contribution in [0.4, 0.5) is 0 Å². The van der Waals surface area contributed by atoms with E-state index in [1.165, 1.54) is 11.1 Å². The monoisotopic (exact) mass is 245 g/mol. The predicted molar refractivity (Wildman–Crippen MR) is 79.6 cm³/mol. The van der Waals surface area contributed by atoms with E-state index in [2.05, 4.69) is 70.7 Å². The van der Waals surface area contributed by atoms with Gasteiger partial charge in [-0.3, -0.25) is 4.90 Å². The highest BCUT2D eigenvalue weighted by Gasteiger charge is 2.31. The molecule has 1 aliphatic carbocycles. The van der Waals surface area contributed by atoms with Gasteiger partial charge in [0.15, 0.2) is 0 Å². The lowest BCUT2D eigenvalue weighted by molar-refractivity contribution is 0.180. The van der Waals surface area contributed by atoms with Crippen LogP contribution in [0.15, 0.2) is 35.5 Å². The fraction of sp³-hybridized carbons (Fsp3) is 0.647. The Balaban J connectivity index is 2.20. The molecule has 0 aromatic carbocycles. The van der Waals surface area contributed by atoms with Crippen LogP contribution in [0.3, 0.4) is 0 Å². The maximum atomic E-state index is 2.55. The molecular formula is C17H27N. The molecule has 100 valence electrons. The standard InChI is InChI=1S/C17H27N/c1-13(2)17(6)9-7-14-11-18(16(3,4)5)12-15(14)8-10-17/h7-10,13H,11-12H2,1-6H3. The Labute approximate surface area is 112 Å². The Morgan fingerprint density at radius 2 is 1.50 bits per heavy atom. The minimum atomic E-state index is 0.205. The van der Waals surface area contributed by atoms with Crippen LogP contribution in [-0.2, 0) is 0 Å². The largest absolute Gasteiger partial charge is 0.290 e. The summed E-state index contributed by atoms with van der Waals surface area (Å²) in [6.45, 7) is 16.0. The summed E-state index contributed by atoms with van der Waals surface area (Å²) in [6, 6.07) is 0. The van der Waals surface area contributed by atoms with Crippen molar-refractivity contribution in [3.63, 3.8) is 0 Å². The van der Waals surface area contributed by atoms with Gasteiger partial charge in [-0.15, -0.1) is 0 Å². The molecule has 0 bridgehead atoms. The van der Waals surface area contributed by atoms with Crippen LogP contribution in [0.1, 0.15) is 41.5 Å². The summed E-state index contributed by atoms with van der Waals surface area (Å²) in [5.74, 6) is 0.642. The van der Waals surface area contributed by atoms with Gasteiger partial charge in [-0.2, -0.15) is 0 Å². The molecule has 0 aromatic heterocycles. The summed E-state index contributed by atoms with van der Waals surface area (Å²) < 4.78 is 0. The summed E-state index contributed by atoms with van der Waals surface area (Å²) in [4.78, 5) is 2.55. The molecule has 0 amide bonds. The molecule has 1 heterocycles. The highest BCUT2D eigenvalue weighted by atomic mass is 15.2. The Morgan fingerprint density at radius 1 is 1.06 bits per heavy atom. The molecule has 1 heteroatoms. The first-order chi connectivity index (χ1) is 8.22. The summed E-state index contributed by atoms with van der Waals surface area (Å²) in [5, 5.41) is 0. The molecule has 0 fully saturated rings. The third-order valence-electron chi connectivity index (χ3n) is 4.61. The molecule has 1 nitrogen and oxygen atoms in total. The van der Waals surface area contributed by atoms with Crippen molar-refractivity contribution < 1.29 is 0 Å². The molecule has 0 aromatic rings. The fourth-order valence-corrected chi connectivity index (χ4v) is 2.46. The van der Waals surface area contributed by atoms with Gasteiger partial charge >= 0.3 is 0 Å². The average molecular weight is 245 g/mol. The molecular weight excluding hydrogens is 218 g/mol. The summed E-state index contributed by atoms with van der Waals surface area (Å²) in [6.07, 6.45) is 9.51. The van der Waals surface area contributed by atoms with E-state index in [-0.39, 0.29) is 11.0 Å². The van der Waals surface area contributed by atoms with Crippen molar-refractivity contribution in [3.8, 4) is 0 Å². The van der Waals surface area contributed by atoms with Crippen molar-refractivity contribution in [1.82, 2.24) is 4.90 Å². The molecule has 0 unspecified atom stereocenters. The van der Waals surface area contributed by atoms with Crippen LogP contribution < -0.4 is 0 Å². The maximum Gasteiger partial charge on any atom is 0.0245 e. The van der Waals surface area contributed by atoms with Crippen molar-refractivity contribution in [2.24, 2.45) is 11.3 Å². The molecule has 0 spiro atoms. The number of allylic oxidation sites excluding steroid dienone is 2. The van der Waals surface area contributed by atoms with E-state index < -0.39 is 0 Å². The molecule has 0 N–H and O–H groups in total. The quantitative estimate of drug-likeness (QED) is 0.669. The molecule has 0 atom stereocenters. The highest BCUT2D eigenvalue weighted by molar-refractivity contribution is 5.43. The first-order valence-corrected chi connectivity index (χ1v) is 7.08. The second-order valence-electron chi connectivity index (χ2n) is 7.26. The lowest BCUT2D eigenvalue weighted by Gasteiger charge is -2.32. The van der Waals surface area contributed by atoms with E-state index in [4.69, 9.17) is 0 Å². The van der Waals surface area contributed by atoms with Crippen LogP contribution in [0.2, 0.25) is 0 Å². The van der Waals surface area contributed by atoms with E-state index in [0.29, 0.717) is 5.92 Å². The van der Waals surface area contributed by atoms with Crippen LogP contribution in [0.25, 0.3) is 0 Å². The molecule has 0 saturated carbocycles. The number of nitrogens with zero attached hydrogens (tertiary/aromatic N) is 1. The molecule has 18 heavy (non-hydrogen) atoms. The van der Waals surface area contributed by atoms with Crippen molar-refractivity contribution in [2.45, 2.75) is 47.1 Å². The van der Waals surface area contributed by atoms with E-state index in [0.717, 1.165) is 13.1 Å². The average Bonchev–Trinajstić information content (AvgIpc) is 2.60. The second kappa shape index (κ2) is 4.38. The first-order valence-electron chi connectivity index (χ1n) is 7.08. The third kappa shape index (κ3) is 2.47. The van der Waals surface area contributed by atoms with Gasteiger partial charge in [-0.1, -0.05) is 45.1 Å². The zero-order valence-electron chi connectivity index (χ0n) is 12.7. The Kier molecular flexibility index (Phi) is 3.31. The summed E-state index contributed by atoms with van der Waals surface area (Å²) >= 11 is 0. The molecule has 2 aliphatic rings. The van der Waals surface area contributed by atoms with Crippen molar-refractivity contribution in [1.29, 1.82) is 0 Å². The molecule has 0 saturated heterocycles. The van der Waals surface area contributed by atoms with Gasteiger partial charge in [-0.05, 0) is 37.8 Å². The number of rotatable bonds is 1. The van der Waals surface area contributed by atoms with Crippen molar-refractivity contribution in [2.75, 3.05) is 13.1 Å². The molecule has 1 aliphatic heterocycles. The summed E-state index contributed by atoms with van der Waals surface area (Å²) in [7, 11) is 0. The van der Waals surface area contributed by atoms with Gasteiger partial charge in [0.25, 0.3) is 0 Å². The third-order valence-corrected chi connectivity index (χ3v) is 4.61. The Bertz CT molecular complexity index is 389. The number of hydrogen-bond acceptors (Lipinski definition) is 1. The number of hydrogen-bond donors (Lipinski definition) is 0. The van der Waals surface area contributed by atoms with E-state index in [1.807, 2.05) is 0 Å². The van der Waals surface area contributed by atoms with Crippen LogP contribution >= 0.6 is 0 Å². The second-order valence-corrected chi connectivity index (χ2v) is 7.26. The fourth-order valence-electron chi connectivity index (χ4n) is 2.46. The normalized spacial score (nSPS) is 23.7. The van der Waals surface area contributed by atoms with Gasteiger partial charge in [-0.25, -0.2) is 0 Å². The zero-order valence-corrected chi connectivity index (χ0v) is 12.7. The Hall–Kier alpha value is -0.820. The van der Waals surface area contributed by atoms with E-state index in [1.54, 1.807) is 0 Å². The van der Waals surface area contributed by atoms with Gasteiger partial charge in [0, 0.05) is 24.0 Å². The molecule has 0 radical (unpaired) electrons. The van der Waals surface area contributed by atoms with E-state index in [9.17, 15) is 0 Å². The van der Waals surface area contributed by atoms with Gasteiger partial charge in [0.1, 0.15) is 0 Å². The topological polar surface area (TPSA) is 3.24 Å². The van der Waals surface area contributed by atoms with Crippen molar-refractivity contribution >= 4 is 0 Å². The van der Waals surface area contributed by atoms with Crippen LogP contribution in [0.5, 0.6) is 0 Å². The first kappa shape index (κ1) is 13.6. The van der Waals surface area contributed by atoms with Crippen LogP contribution in [-0.4, -0.2) is 23.5 Å². The Morgan fingerprint density at radius 3 is 1.83 bits per heavy atom. The SMILES string of the molecule is CC(C)C1(C)C=CC2=C(C=C1)CN(C(C)(C)C)C2. The van der Waals surface area contributed by atoms with Gasteiger partial charge < -0.3 is 0 Å². The lowest BCUT2D eigenvalue weighted by Crippen LogP contribution is -2.40. The smallest absolute Gasteiger partial charge is 0.0245 e. The minimum Gasteiger partial charge on any atom is -0.290 e. The highest BCUT2D eigenvalue weighted by Crippen LogP contribution is 2.36. The zero-order chi connectivity index (χ0) is 13.6. The van der Waals surface area contributed by atoms with Gasteiger partial charge in [0.2, 0.25) is 0 Å². The van der Waals surface area contributed by atoms with Gasteiger partial charge in [0.05, 0.1) is 0 Å². The predicted octanol–water partition coefficient (Wildman–Crippen LogP) is 4.19. The maximum absolute atomic E-state index is 2.55. The summed E-state index contributed by atoms with van der Waals surface area (Å²) in [5.41, 5.74) is 3.47. The molecule has 2 rings (SSSR count). The van der Waals surface area contributed by atoms with Crippen LogP contribution in [0, 0.1) is 11.3 Å². The minimum absolute atomic E-state index is 0.205.